The van der Waals surface area contributed by atoms with Crippen molar-refractivity contribution < 1.29 is 9.59 Å². The third kappa shape index (κ3) is 6.24. The van der Waals surface area contributed by atoms with Gasteiger partial charge in [-0.05, 0) is 35.4 Å². The molecule has 2 rings (SSSR count). The Morgan fingerprint density at radius 2 is 1.00 bits per heavy atom. The third-order valence-corrected chi connectivity index (χ3v) is 3.78. The number of hydrogen-bond acceptors (Lipinski definition) is 6. The molecule has 0 spiro atoms. The largest absolute Gasteiger partial charge is 0.378 e. The van der Waals surface area contributed by atoms with Gasteiger partial charge < -0.3 is 9.80 Å². The van der Waals surface area contributed by atoms with Gasteiger partial charge in [0.2, 0.25) is 0 Å². The molecule has 2 amide bonds. The first-order valence-corrected chi connectivity index (χ1v) is 8.58. The molecule has 2 aromatic rings. The van der Waals surface area contributed by atoms with Crippen molar-refractivity contribution in [2.45, 2.75) is 0 Å². The Labute approximate surface area is 164 Å². The van der Waals surface area contributed by atoms with Crippen molar-refractivity contribution in [3.05, 3.63) is 59.7 Å². The van der Waals surface area contributed by atoms with E-state index in [2.05, 4.69) is 21.1 Å². The smallest absolute Gasteiger partial charge is 0.331 e. The molecule has 0 unspecified atom stereocenters. The summed E-state index contributed by atoms with van der Waals surface area (Å²) < 4.78 is 0. The fourth-order valence-electron chi connectivity index (χ4n) is 2.15. The Balaban J connectivity index is 1.81. The van der Waals surface area contributed by atoms with E-state index in [1.165, 1.54) is 12.4 Å². The number of rotatable bonds is 6. The third-order valence-electron chi connectivity index (χ3n) is 3.78. The molecule has 0 aliphatic rings. The highest BCUT2D eigenvalue weighted by atomic mass is 16.2. The second kappa shape index (κ2) is 9.86. The van der Waals surface area contributed by atoms with Gasteiger partial charge in [-0.15, -0.1) is 0 Å². The Kier molecular flexibility index (Phi) is 7.27. The molecule has 2 N–H and O–H groups in total. The lowest BCUT2D eigenvalue weighted by Gasteiger charge is -2.11. The van der Waals surface area contributed by atoms with Crippen LogP contribution >= 0.6 is 0 Å². The lowest BCUT2D eigenvalue weighted by atomic mass is 10.2. The number of anilines is 2. The van der Waals surface area contributed by atoms with Gasteiger partial charge in [-0.25, -0.2) is 10.9 Å². The lowest BCUT2D eigenvalue weighted by Crippen LogP contribution is -2.35. The molecule has 0 radical (unpaired) electrons. The molecular weight excluding hydrogens is 356 g/mol. The number of hydrogen-bond donors (Lipinski definition) is 2. The van der Waals surface area contributed by atoms with Crippen molar-refractivity contribution >= 4 is 35.6 Å². The number of carbonyl (C=O) groups is 2. The van der Waals surface area contributed by atoms with E-state index in [1.807, 2.05) is 86.5 Å². The van der Waals surface area contributed by atoms with Crippen molar-refractivity contribution in [1.82, 2.24) is 10.9 Å². The molecule has 0 bridgehead atoms. The molecule has 146 valence electrons. The van der Waals surface area contributed by atoms with Gasteiger partial charge in [0.25, 0.3) is 0 Å². The Morgan fingerprint density at radius 3 is 1.29 bits per heavy atom. The molecule has 0 fully saturated rings. The lowest BCUT2D eigenvalue weighted by molar-refractivity contribution is -0.139. The summed E-state index contributed by atoms with van der Waals surface area (Å²) in [5.41, 5.74) is 8.03. The summed E-state index contributed by atoms with van der Waals surface area (Å²) in [6.45, 7) is 0. The van der Waals surface area contributed by atoms with Crippen LogP contribution in [0.15, 0.2) is 58.7 Å². The van der Waals surface area contributed by atoms with E-state index >= 15 is 0 Å². The van der Waals surface area contributed by atoms with Crippen LogP contribution in [0.3, 0.4) is 0 Å². The molecule has 0 saturated carbocycles. The molecule has 0 heterocycles. The number of hydrazone groups is 2. The van der Waals surface area contributed by atoms with Crippen molar-refractivity contribution in [2.75, 3.05) is 38.0 Å². The fraction of sp³-hybridized carbons (Fsp3) is 0.200. The highest BCUT2D eigenvalue weighted by Crippen LogP contribution is 2.11. The second-order valence-electron chi connectivity index (χ2n) is 6.37. The number of amides is 2. The standard InChI is InChI=1S/C20H24N6O2/c1-25(2)17-9-5-15(6-10-17)13-21-23-19(27)20(28)24-22-14-16-7-11-18(12-8-16)26(3)4/h5-14H,1-4H3,(H,23,27)(H,24,28)/b21-13-,22-14+. The van der Waals surface area contributed by atoms with Gasteiger partial charge in [0.1, 0.15) is 0 Å². The molecule has 0 aliphatic heterocycles. The average Bonchev–Trinajstić information content (AvgIpc) is 2.68. The SMILES string of the molecule is CN(C)c1ccc(/C=N\NC(=O)C(=O)N/N=C/c2ccc(N(C)C)cc2)cc1. The zero-order valence-electron chi connectivity index (χ0n) is 16.4. The summed E-state index contributed by atoms with van der Waals surface area (Å²) >= 11 is 0. The molecule has 8 nitrogen and oxygen atoms in total. The van der Waals surface area contributed by atoms with Gasteiger partial charge in [-0.1, -0.05) is 24.3 Å². The summed E-state index contributed by atoms with van der Waals surface area (Å²) in [7, 11) is 7.79. The van der Waals surface area contributed by atoms with Crippen LogP contribution in [0.4, 0.5) is 11.4 Å². The summed E-state index contributed by atoms with van der Waals surface area (Å²) in [6, 6.07) is 15.1. The van der Waals surface area contributed by atoms with Crippen LogP contribution in [0.2, 0.25) is 0 Å². The van der Waals surface area contributed by atoms with Crippen molar-refractivity contribution in [2.24, 2.45) is 10.2 Å². The van der Waals surface area contributed by atoms with E-state index in [0.717, 1.165) is 22.5 Å². The maximum Gasteiger partial charge on any atom is 0.331 e. The van der Waals surface area contributed by atoms with Gasteiger partial charge in [0.15, 0.2) is 0 Å². The van der Waals surface area contributed by atoms with Crippen molar-refractivity contribution in [1.29, 1.82) is 0 Å². The van der Waals surface area contributed by atoms with Gasteiger partial charge in [0, 0.05) is 39.6 Å². The van der Waals surface area contributed by atoms with Crippen LogP contribution in [0.1, 0.15) is 11.1 Å². The predicted molar refractivity (Wildman–Crippen MR) is 113 cm³/mol. The molecule has 28 heavy (non-hydrogen) atoms. The van der Waals surface area contributed by atoms with Crippen LogP contribution in [0, 0.1) is 0 Å². The number of nitrogens with one attached hydrogen (secondary N) is 2. The van der Waals surface area contributed by atoms with Gasteiger partial charge >= 0.3 is 11.8 Å². The first-order chi connectivity index (χ1) is 13.4. The molecule has 0 saturated heterocycles. The van der Waals surface area contributed by atoms with Crippen molar-refractivity contribution in [3.8, 4) is 0 Å². The highest BCUT2D eigenvalue weighted by Gasteiger charge is 2.11. The number of benzene rings is 2. The quantitative estimate of drug-likeness (QED) is 0.451. The number of nitrogens with zero attached hydrogens (tertiary/aromatic N) is 4. The van der Waals surface area contributed by atoms with Crippen LogP contribution in [-0.2, 0) is 9.59 Å². The van der Waals surface area contributed by atoms with E-state index in [-0.39, 0.29) is 0 Å². The van der Waals surface area contributed by atoms with E-state index in [1.54, 1.807) is 0 Å². The van der Waals surface area contributed by atoms with Gasteiger partial charge in [0.05, 0.1) is 12.4 Å². The van der Waals surface area contributed by atoms with Gasteiger partial charge in [-0.3, -0.25) is 9.59 Å². The minimum atomic E-state index is -0.902. The number of carbonyl (C=O) groups excluding carboxylic acids is 2. The minimum Gasteiger partial charge on any atom is -0.378 e. The van der Waals surface area contributed by atoms with E-state index in [4.69, 9.17) is 0 Å². The zero-order valence-corrected chi connectivity index (χ0v) is 16.4. The topological polar surface area (TPSA) is 89.4 Å². The van der Waals surface area contributed by atoms with Gasteiger partial charge in [-0.2, -0.15) is 10.2 Å². The Bertz CT molecular complexity index is 782. The van der Waals surface area contributed by atoms with E-state index in [9.17, 15) is 9.59 Å². The molecule has 0 aliphatic carbocycles. The molecule has 2 aromatic carbocycles. The van der Waals surface area contributed by atoms with Crippen LogP contribution < -0.4 is 20.7 Å². The molecular formula is C20H24N6O2. The summed E-state index contributed by atoms with van der Waals surface area (Å²) in [5.74, 6) is -1.80. The van der Waals surface area contributed by atoms with Crippen LogP contribution in [-0.4, -0.2) is 52.4 Å². The summed E-state index contributed by atoms with van der Waals surface area (Å²) in [4.78, 5) is 27.4. The zero-order chi connectivity index (χ0) is 20.5. The first kappa shape index (κ1) is 20.6. The second-order valence-corrected chi connectivity index (χ2v) is 6.37. The average molecular weight is 380 g/mol. The molecule has 0 aromatic heterocycles. The monoisotopic (exact) mass is 380 g/mol. The first-order valence-electron chi connectivity index (χ1n) is 8.58. The Morgan fingerprint density at radius 1 is 0.679 bits per heavy atom. The van der Waals surface area contributed by atoms with E-state index < -0.39 is 11.8 Å². The Hall–Kier alpha value is -3.68. The normalized spacial score (nSPS) is 10.9. The summed E-state index contributed by atoms with van der Waals surface area (Å²) in [5, 5.41) is 7.55. The maximum atomic E-state index is 11.7. The fourth-order valence-corrected chi connectivity index (χ4v) is 2.15. The van der Waals surface area contributed by atoms with Crippen LogP contribution in [0.25, 0.3) is 0 Å². The molecule has 0 atom stereocenters. The molecule has 8 heteroatoms. The minimum absolute atomic E-state index is 0.797. The highest BCUT2D eigenvalue weighted by molar-refractivity contribution is 6.35. The van der Waals surface area contributed by atoms with E-state index in [0.29, 0.717) is 0 Å². The van der Waals surface area contributed by atoms with Crippen molar-refractivity contribution in [3.63, 3.8) is 0 Å². The predicted octanol–water partition coefficient (Wildman–Crippen LogP) is 1.42. The van der Waals surface area contributed by atoms with Crippen LogP contribution in [0.5, 0.6) is 0 Å². The summed E-state index contributed by atoms with van der Waals surface area (Å²) in [6.07, 6.45) is 2.92. The maximum absolute atomic E-state index is 11.7.